The molecule has 132 valence electrons. The van der Waals surface area contributed by atoms with Crippen molar-refractivity contribution in [3.05, 3.63) is 70.8 Å². The molecule has 0 N–H and O–H groups in total. The molecule has 7 heteroatoms. The van der Waals surface area contributed by atoms with Gasteiger partial charge in [0.1, 0.15) is 5.70 Å². The van der Waals surface area contributed by atoms with E-state index in [1.165, 1.54) is 20.3 Å². The van der Waals surface area contributed by atoms with Gasteiger partial charge in [0.25, 0.3) is 0 Å². The van der Waals surface area contributed by atoms with Gasteiger partial charge in [-0.15, -0.1) is 0 Å². The van der Waals surface area contributed by atoms with Crippen molar-refractivity contribution in [3.8, 4) is 0 Å². The van der Waals surface area contributed by atoms with Gasteiger partial charge in [-0.25, -0.2) is 9.59 Å². The highest BCUT2D eigenvalue weighted by Crippen LogP contribution is 2.35. The molecule has 1 aromatic heterocycles. The Kier molecular flexibility index (Phi) is 5.18. The minimum Gasteiger partial charge on any atom is -0.465 e. The molecular weight excluding hydrogens is 400 g/mol. The van der Waals surface area contributed by atoms with Crippen molar-refractivity contribution in [2.24, 2.45) is 0 Å². The lowest BCUT2D eigenvalue weighted by molar-refractivity contribution is -0.139. The molecule has 0 radical (unpaired) electrons. The summed E-state index contributed by atoms with van der Waals surface area (Å²) in [6, 6.07) is 5.55. The summed E-state index contributed by atoms with van der Waals surface area (Å²) >= 11 is 3.51. The number of pyridine rings is 1. The number of methoxy groups -OCH3 is 2. The number of esters is 2. The van der Waals surface area contributed by atoms with Gasteiger partial charge in [0, 0.05) is 33.8 Å². The van der Waals surface area contributed by atoms with Crippen LogP contribution in [0.4, 0.5) is 5.69 Å². The zero-order chi connectivity index (χ0) is 18.7. The number of anilines is 1. The zero-order valence-corrected chi connectivity index (χ0v) is 15.7. The van der Waals surface area contributed by atoms with Crippen LogP contribution in [0.15, 0.2) is 70.8 Å². The molecule has 0 atom stereocenters. The lowest BCUT2D eigenvalue weighted by atomic mass is 10.1. The van der Waals surface area contributed by atoms with Crippen molar-refractivity contribution in [1.29, 1.82) is 0 Å². The third-order valence-corrected chi connectivity index (χ3v) is 4.58. The van der Waals surface area contributed by atoms with E-state index in [0.717, 1.165) is 15.2 Å². The average Bonchev–Trinajstić information content (AvgIpc) is 2.90. The number of halogens is 1. The first-order valence-corrected chi connectivity index (χ1v) is 8.45. The maximum absolute atomic E-state index is 12.5. The molecule has 0 aliphatic carbocycles. The standard InChI is InChI=1S/C19H15BrN2O4/c1-25-18(23)13-5-3-4-10-22(17(13)19(24)26-2)16-7-6-15(20)14-11-21-9-8-12(14)16/h3-11H,1-2H3. The second-order valence-electron chi connectivity index (χ2n) is 5.30. The van der Waals surface area contributed by atoms with Crippen molar-refractivity contribution in [3.63, 3.8) is 0 Å². The van der Waals surface area contributed by atoms with Crippen LogP contribution >= 0.6 is 15.9 Å². The van der Waals surface area contributed by atoms with E-state index in [0.29, 0.717) is 5.69 Å². The largest absolute Gasteiger partial charge is 0.465 e. The van der Waals surface area contributed by atoms with Crippen LogP contribution in [0, 0.1) is 0 Å². The lowest BCUT2D eigenvalue weighted by Gasteiger charge is -2.24. The highest BCUT2D eigenvalue weighted by atomic mass is 79.9. The van der Waals surface area contributed by atoms with E-state index in [9.17, 15) is 9.59 Å². The van der Waals surface area contributed by atoms with Gasteiger partial charge in [-0.05, 0) is 30.4 Å². The molecule has 0 saturated heterocycles. The maximum Gasteiger partial charge on any atom is 0.355 e. The van der Waals surface area contributed by atoms with Gasteiger partial charge in [-0.3, -0.25) is 4.98 Å². The number of carbonyl (C=O) groups is 2. The first kappa shape index (κ1) is 17.9. The molecule has 1 aliphatic heterocycles. The first-order valence-electron chi connectivity index (χ1n) is 7.65. The van der Waals surface area contributed by atoms with E-state index in [1.54, 1.807) is 35.6 Å². The molecule has 6 nitrogen and oxygen atoms in total. The van der Waals surface area contributed by atoms with Crippen molar-refractivity contribution in [1.82, 2.24) is 4.98 Å². The summed E-state index contributed by atoms with van der Waals surface area (Å²) in [6.45, 7) is 0. The smallest absolute Gasteiger partial charge is 0.355 e. The summed E-state index contributed by atoms with van der Waals surface area (Å²) < 4.78 is 10.6. The molecule has 1 aromatic carbocycles. The van der Waals surface area contributed by atoms with E-state index in [4.69, 9.17) is 9.47 Å². The summed E-state index contributed by atoms with van der Waals surface area (Å²) in [5.74, 6) is -1.27. The van der Waals surface area contributed by atoms with Crippen molar-refractivity contribution >= 4 is 44.3 Å². The normalized spacial score (nSPS) is 13.7. The van der Waals surface area contributed by atoms with E-state index >= 15 is 0 Å². The van der Waals surface area contributed by atoms with Crippen LogP contribution < -0.4 is 4.90 Å². The van der Waals surface area contributed by atoms with Gasteiger partial charge in [0.05, 0.1) is 25.5 Å². The number of aromatic nitrogens is 1. The Morgan fingerprint density at radius 2 is 1.81 bits per heavy atom. The Balaban J connectivity index is 2.30. The number of fused-ring (bicyclic) bond motifs is 1. The number of hydrogen-bond donors (Lipinski definition) is 0. The molecule has 0 amide bonds. The van der Waals surface area contributed by atoms with Crippen LogP contribution in [0.2, 0.25) is 0 Å². The highest BCUT2D eigenvalue weighted by Gasteiger charge is 2.28. The third-order valence-electron chi connectivity index (χ3n) is 3.89. The molecule has 3 rings (SSSR count). The number of carbonyl (C=O) groups excluding carboxylic acids is 2. The SMILES string of the molecule is COC(=O)C1=C(C(=O)OC)N(c2ccc(Br)c3cnccc23)C=CC=C1. The maximum atomic E-state index is 12.5. The van der Waals surface area contributed by atoms with Crippen molar-refractivity contribution < 1.29 is 19.1 Å². The Hall–Kier alpha value is -2.93. The first-order chi connectivity index (χ1) is 12.6. The minimum absolute atomic E-state index is 0.0739. The Morgan fingerprint density at radius 1 is 1.04 bits per heavy atom. The third kappa shape index (κ3) is 3.13. The summed E-state index contributed by atoms with van der Waals surface area (Å²) in [7, 11) is 2.53. The molecule has 0 unspecified atom stereocenters. The fraction of sp³-hybridized carbons (Fsp3) is 0.105. The Bertz CT molecular complexity index is 979. The topological polar surface area (TPSA) is 68.7 Å². The number of nitrogens with zero attached hydrogens (tertiary/aromatic N) is 2. The second kappa shape index (κ2) is 7.53. The molecule has 26 heavy (non-hydrogen) atoms. The summed E-state index contributed by atoms with van der Waals surface area (Å²) in [4.78, 5) is 30.5. The van der Waals surface area contributed by atoms with Crippen LogP contribution in [0.5, 0.6) is 0 Å². The summed E-state index contributed by atoms with van der Waals surface area (Å²) in [6.07, 6.45) is 10.0. The number of benzene rings is 1. The minimum atomic E-state index is -0.647. The van der Waals surface area contributed by atoms with Crippen molar-refractivity contribution in [2.45, 2.75) is 0 Å². The lowest BCUT2D eigenvalue weighted by Crippen LogP contribution is -2.27. The number of hydrogen-bond acceptors (Lipinski definition) is 6. The number of rotatable bonds is 3. The fourth-order valence-electron chi connectivity index (χ4n) is 2.70. The molecule has 0 spiro atoms. The van der Waals surface area contributed by atoms with Gasteiger partial charge in [-0.1, -0.05) is 22.0 Å². The molecule has 0 fully saturated rings. The number of allylic oxidation sites excluding steroid dienone is 2. The van der Waals surface area contributed by atoms with Crippen LogP contribution in [0.25, 0.3) is 10.8 Å². The van der Waals surface area contributed by atoms with Gasteiger partial charge in [-0.2, -0.15) is 0 Å². The van der Waals surface area contributed by atoms with Crippen molar-refractivity contribution in [2.75, 3.05) is 19.1 Å². The average molecular weight is 415 g/mol. The van der Waals surface area contributed by atoms with Gasteiger partial charge in [0.2, 0.25) is 0 Å². The summed E-state index contributed by atoms with van der Waals surface area (Å²) in [5, 5.41) is 1.73. The predicted octanol–water partition coefficient (Wildman–Crippen LogP) is 3.49. The summed E-state index contributed by atoms with van der Waals surface area (Å²) in [5.41, 5.74) is 0.881. The van der Waals surface area contributed by atoms with Gasteiger partial charge >= 0.3 is 11.9 Å². The molecule has 0 bridgehead atoms. The molecule has 2 aromatic rings. The zero-order valence-electron chi connectivity index (χ0n) is 14.1. The van der Waals surface area contributed by atoms with Crippen LogP contribution in [-0.4, -0.2) is 31.1 Å². The fourth-order valence-corrected chi connectivity index (χ4v) is 3.15. The second-order valence-corrected chi connectivity index (χ2v) is 6.16. The Labute approximate surface area is 158 Å². The predicted molar refractivity (Wildman–Crippen MR) is 101 cm³/mol. The van der Waals surface area contributed by atoms with Crippen LogP contribution in [0.1, 0.15) is 0 Å². The molecule has 2 heterocycles. The van der Waals surface area contributed by atoms with Crippen LogP contribution in [-0.2, 0) is 19.1 Å². The molecule has 1 aliphatic rings. The van der Waals surface area contributed by atoms with E-state index in [-0.39, 0.29) is 11.3 Å². The monoisotopic (exact) mass is 414 g/mol. The van der Waals surface area contributed by atoms with E-state index in [1.807, 2.05) is 18.2 Å². The molecule has 0 saturated carbocycles. The van der Waals surface area contributed by atoms with Crippen LogP contribution in [0.3, 0.4) is 0 Å². The molecular formula is C19H15BrN2O4. The van der Waals surface area contributed by atoms with Gasteiger partial charge < -0.3 is 14.4 Å². The highest BCUT2D eigenvalue weighted by molar-refractivity contribution is 9.10. The Morgan fingerprint density at radius 3 is 2.54 bits per heavy atom. The van der Waals surface area contributed by atoms with E-state index in [2.05, 4.69) is 20.9 Å². The quantitative estimate of drug-likeness (QED) is 0.716. The van der Waals surface area contributed by atoms with E-state index < -0.39 is 11.9 Å². The number of ether oxygens (including phenoxy) is 2. The van der Waals surface area contributed by atoms with Gasteiger partial charge in [0.15, 0.2) is 0 Å².